The van der Waals surface area contributed by atoms with Crippen LogP contribution in [0.15, 0.2) is 0 Å². The normalized spacial score (nSPS) is 19.1. The van der Waals surface area contributed by atoms with Gasteiger partial charge in [-0.05, 0) is 27.7 Å². The molecule has 7 nitrogen and oxygen atoms in total. The minimum Gasteiger partial charge on any atom is -0.344 e. The fourth-order valence-electron chi connectivity index (χ4n) is 0.658. The molecule has 0 aromatic heterocycles. The Morgan fingerprint density at radius 2 is 1.31 bits per heavy atom. The highest BCUT2D eigenvalue weighted by atomic mass is 31.1. The first-order chi connectivity index (χ1) is 6.99. The molecule has 0 fully saturated rings. The predicted octanol–water partition coefficient (Wildman–Crippen LogP) is 1.82. The molecule has 0 amide bonds. The molecule has 0 aliphatic heterocycles. The largest absolute Gasteiger partial charge is 0.344 e. The van der Waals surface area contributed by atoms with Crippen LogP contribution in [-0.4, -0.2) is 20.5 Å². The van der Waals surface area contributed by atoms with Gasteiger partial charge in [0.15, 0.2) is 0 Å². The van der Waals surface area contributed by atoms with Crippen LogP contribution in [-0.2, 0) is 22.7 Å². The Hall–Kier alpha value is 0.530. The van der Waals surface area contributed by atoms with Gasteiger partial charge in [-0.3, -0.25) is 18.2 Å². The molecule has 0 heterocycles. The summed E-state index contributed by atoms with van der Waals surface area (Å²) in [5.41, 5.74) is 0. The Bertz CT molecular complexity index is 324. The smallest absolute Gasteiger partial charge is 0.317 e. The number of rotatable bonds is 6. The maximum absolute atomic E-state index is 11.7. The summed E-state index contributed by atoms with van der Waals surface area (Å²) in [6.07, 6.45) is 0. The molecular weight excluding hydrogens is 277 g/mol. The molecule has 0 radical (unpaired) electrons. The van der Waals surface area contributed by atoms with Crippen LogP contribution < -0.4 is 0 Å². The zero-order valence-electron chi connectivity index (χ0n) is 9.44. The number of hydrogen-bond donors (Lipinski definition) is 2. The molecule has 0 rings (SSSR count). The fourth-order valence-corrected chi connectivity index (χ4v) is 3.03. The van der Waals surface area contributed by atoms with E-state index in [0.717, 1.165) is 0 Å². The van der Waals surface area contributed by atoms with Gasteiger partial charge in [-0.15, -0.1) is 0 Å². The molecule has 98 valence electrons. The highest BCUT2D eigenvalue weighted by Gasteiger charge is 2.36. The van der Waals surface area contributed by atoms with E-state index in [9.17, 15) is 13.7 Å². The van der Waals surface area contributed by atoms with Gasteiger partial charge in [0.05, 0.1) is 0 Å². The first-order valence-electron chi connectivity index (χ1n) is 4.38. The van der Waals surface area contributed by atoms with Crippen LogP contribution in [0.25, 0.3) is 0 Å². The Kier molecular flexibility index (Phi) is 6.12. The highest BCUT2D eigenvalue weighted by molar-refractivity contribution is 7.44. The van der Waals surface area contributed by atoms with Gasteiger partial charge in [0.25, 0.3) is 0 Å². The van der Waals surface area contributed by atoms with E-state index in [1.807, 2.05) is 0 Å². The molecule has 0 bridgehead atoms. The van der Waals surface area contributed by atoms with Crippen LogP contribution in [0.4, 0.5) is 0 Å². The topological polar surface area (TPSA) is 110 Å². The molecule has 0 saturated carbocycles. The van der Waals surface area contributed by atoms with E-state index in [1.165, 1.54) is 27.7 Å². The maximum Gasteiger partial charge on any atom is 0.317 e. The van der Waals surface area contributed by atoms with Gasteiger partial charge in [0, 0.05) is 0 Å². The van der Waals surface area contributed by atoms with Crippen molar-refractivity contribution in [3.63, 3.8) is 0 Å². The summed E-state index contributed by atoms with van der Waals surface area (Å²) in [7, 11) is -9.18. The molecule has 16 heavy (non-hydrogen) atoms. The van der Waals surface area contributed by atoms with E-state index in [2.05, 4.69) is 4.52 Å². The zero-order valence-corrected chi connectivity index (χ0v) is 12.4. The van der Waals surface area contributed by atoms with Gasteiger partial charge >= 0.3 is 8.25 Å². The second-order valence-corrected chi connectivity index (χ2v) is 8.62. The third-order valence-corrected chi connectivity index (χ3v) is 5.70. The van der Waals surface area contributed by atoms with Crippen LogP contribution in [0.3, 0.4) is 0 Å². The minimum absolute atomic E-state index is 1.31. The Morgan fingerprint density at radius 1 is 0.875 bits per heavy atom. The van der Waals surface area contributed by atoms with E-state index >= 15 is 0 Å². The average molecular weight is 294 g/mol. The Labute approximate surface area is 95.8 Å². The SMILES string of the molecule is CC(C)(O[PH](=O)C(C)(C)O[PH](=O)O)[PH](=O)O. The standard InChI is InChI=1S/C6H17O7P3/c1-5(2,14(7)8)12-15(9)6(3,4)13-16(10)11/h14-16H,1-4H3,(H,7,8)(H,10,11). The van der Waals surface area contributed by atoms with Crippen molar-refractivity contribution in [2.75, 3.05) is 0 Å². The van der Waals surface area contributed by atoms with Crippen molar-refractivity contribution >= 4 is 24.3 Å². The van der Waals surface area contributed by atoms with Gasteiger partial charge in [-0.1, -0.05) is 0 Å². The molecule has 10 heteroatoms. The molecule has 0 aliphatic rings. The van der Waals surface area contributed by atoms with Crippen LogP contribution in [0.1, 0.15) is 27.7 Å². The molecule has 2 N–H and O–H groups in total. The van der Waals surface area contributed by atoms with Gasteiger partial charge in [0.2, 0.25) is 16.1 Å². The Morgan fingerprint density at radius 3 is 1.62 bits per heavy atom. The quantitative estimate of drug-likeness (QED) is 0.719. The van der Waals surface area contributed by atoms with E-state index in [0.29, 0.717) is 0 Å². The average Bonchev–Trinajstić information content (AvgIpc) is 1.99. The van der Waals surface area contributed by atoms with Crippen molar-refractivity contribution in [2.24, 2.45) is 0 Å². The summed E-state index contributed by atoms with van der Waals surface area (Å²) in [6, 6.07) is 0. The summed E-state index contributed by atoms with van der Waals surface area (Å²) < 4.78 is 42.6. The first kappa shape index (κ1) is 16.5. The molecule has 3 unspecified atom stereocenters. The van der Waals surface area contributed by atoms with Crippen molar-refractivity contribution in [3.05, 3.63) is 0 Å². The van der Waals surface area contributed by atoms with E-state index in [4.69, 9.17) is 14.3 Å². The van der Waals surface area contributed by atoms with Crippen LogP contribution >= 0.6 is 24.3 Å². The number of hydrogen-bond acceptors (Lipinski definition) is 5. The summed E-state index contributed by atoms with van der Waals surface area (Å²) in [4.78, 5) is 17.5. The van der Waals surface area contributed by atoms with Crippen LogP contribution in [0.5, 0.6) is 0 Å². The second-order valence-electron chi connectivity index (χ2n) is 4.08. The minimum atomic E-state index is -3.25. The monoisotopic (exact) mass is 294 g/mol. The second kappa shape index (κ2) is 5.92. The molecule has 0 aromatic carbocycles. The van der Waals surface area contributed by atoms with Crippen molar-refractivity contribution in [1.29, 1.82) is 0 Å². The summed E-state index contributed by atoms with van der Waals surface area (Å²) in [5.74, 6) is 0. The van der Waals surface area contributed by atoms with Gasteiger partial charge in [-0.2, -0.15) is 0 Å². The van der Waals surface area contributed by atoms with Gasteiger partial charge in [0.1, 0.15) is 10.7 Å². The first-order valence-corrected chi connectivity index (χ1v) is 8.31. The van der Waals surface area contributed by atoms with Crippen molar-refractivity contribution < 1.29 is 32.5 Å². The van der Waals surface area contributed by atoms with E-state index in [-0.39, 0.29) is 0 Å². The van der Waals surface area contributed by atoms with Crippen LogP contribution in [0, 0.1) is 0 Å². The summed E-state index contributed by atoms with van der Waals surface area (Å²) in [6.45, 7) is 5.26. The zero-order chi connectivity index (χ0) is 13.1. The predicted molar refractivity (Wildman–Crippen MR) is 61.8 cm³/mol. The molecule has 0 aromatic rings. The lowest BCUT2D eigenvalue weighted by molar-refractivity contribution is 0.131. The third kappa shape index (κ3) is 5.24. The van der Waals surface area contributed by atoms with E-state index in [1.54, 1.807) is 0 Å². The molecule has 0 aliphatic carbocycles. The van der Waals surface area contributed by atoms with Gasteiger partial charge < -0.3 is 14.3 Å². The van der Waals surface area contributed by atoms with E-state index < -0.39 is 35.0 Å². The summed E-state index contributed by atoms with van der Waals surface area (Å²) in [5, 5.41) is -2.91. The molecule has 3 atom stereocenters. The maximum atomic E-state index is 11.7. The van der Waals surface area contributed by atoms with Crippen molar-refractivity contribution in [1.82, 2.24) is 0 Å². The molecule has 0 spiro atoms. The van der Waals surface area contributed by atoms with Crippen LogP contribution in [0.2, 0.25) is 0 Å². The lowest BCUT2D eigenvalue weighted by atomic mass is 10.5. The summed E-state index contributed by atoms with van der Waals surface area (Å²) >= 11 is 0. The van der Waals surface area contributed by atoms with Gasteiger partial charge in [-0.25, -0.2) is 0 Å². The molecular formula is C6H17O7P3. The van der Waals surface area contributed by atoms with Crippen molar-refractivity contribution in [3.8, 4) is 0 Å². The highest BCUT2D eigenvalue weighted by Crippen LogP contribution is 2.51. The van der Waals surface area contributed by atoms with Crippen molar-refractivity contribution in [2.45, 2.75) is 38.4 Å². The third-order valence-electron chi connectivity index (χ3n) is 1.70. The fraction of sp³-hybridized carbons (Fsp3) is 1.00. The Balaban J connectivity index is 4.70. The lowest BCUT2D eigenvalue weighted by Gasteiger charge is -2.28. The lowest BCUT2D eigenvalue weighted by Crippen LogP contribution is -2.23. The molecule has 0 saturated heterocycles.